The van der Waals surface area contributed by atoms with E-state index in [9.17, 15) is 13.5 Å². The van der Waals surface area contributed by atoms with E-state index in [0.717, 1.165) is 11.1 Å². The number of hydrogen-bond acceptors (Lipinski definition) is 3. The predicted molar refractivity (Wildman–Crippen MR) is 90.4 cm³/mol. The summed E-state index contributed by atoms with van der Waals surface area (Å²) in [5.74, 6) is 0.719. The topological polar surface area (TPSA) is 54.4 Å². The van der Waals surface area contributed by atoms with E-state index in [2.05, 4.69) is 6.08 Å². The molecule has 0 atom stereocenters. The fourth-order valence-corrected chi connectivity index (χ4v) is 4.41. The normalized spacial score (nSPS) is 17.6. The van der Waals surface area contributed by atoms with Crippen LogP contribution in [-0.2, 0) is 9.84 Å². The molecule has 1 saturated carbocycles. The molecule has 1 aromatic carbocycles. The first-order chi connectivity index (χ1) is 10.6. The van der Waals surface area contributed by atoms with Crippen LogP contribution in [0.4, 0.5) is 0 Å². The summed E-state index contributed by atoms with van der Waals surface area (Å²) in [4.78, 5) is 0.369. The van der Waals surface area contributed by atoms with Gasteiger partial charge in [0.05, 0.1) is 17.3 Å². The second-order valence-corrected chi connectivity index (χ2v) is 8.20. The van der Waals surface area contributed by atoms with Crippen LogP contribution in [0.15, 0.2) is 35.2 Å². The Balaban J connectivity index is 2.18. The highest BCUT2D eigenvalue weighted by Gasteiger charge is 2.15. The summed E-state index contributed by atoms with van der Waals surface area (Å²) in [7, 11) is -3.17. The summed E-state index contributed by atoms with van der Waals surface area (Å²) >= 11 is 0. The molecular weight excluding hydrogens is 296 g/mol. The van der Waals surface area contributed by atoms with Gasteiger partial charge in [0.1, 0.15) is 0 Å². The fraction of sp³-hybridized carbons (Fsp3) is 0.556. The lowest BCUT2D eigenvalue weighted by molar-refractivity contribution is 0.347. The van der Waals surface area contributed by atoms with Gasteiger partial charge in [0, 0.05) is 0 Å². The molecule has 0 aromatic heterocycles. The van der Waals surface area contributed by atoms with Gasteiger partial charge in [-0.25, -0.2) is 8.42 Å². The minimum Gasteiger partial charge on any atom is -0.392 e. The molecule has 1 aliphatic rings. The highest BCUT2D eigenvalue weighted by atomic mass is 32.2. The van der Waals surface area contributed by atoms with Crippen molar-refractivity contribution >= 4 is 15.4 Å². The van der Waals surface area contributed by atoms with Crippen LogP contribution in [0.25, 0.3) is 5.57 Å². The zero-order valence-corrected chi connectivity index (χ0v) is 14.1. The van der Waals surface area contributed by atoms with Crippen molar-refractivity contribution in [3.63, 3.8) is 0 Å². The predicted octanol–water partition coefficient (Wildman–Crippen LogP) is 3.83. The summed E-state index contributed by atoms with van der Waals surface area (Å²) in [6.07, 6.45) is 8.99. The lowest BCUT2D eigenvalue weighted by atomic mass is 9.87. The van der Waals surface area contributed by atoms with Crippen LogP contribution in [0.3, 0.4) is 0 Å². The first kappa shape index (κ1) is 17.2. The molecule has 0 spiro atoms. The van der Waals surface area contributed by atoms with Gasteiger partial charge in [0.25, 0.3) is 0 Å². The molecule has 0 unspecified atom stereocenters. The van der Waals surface area contributed by atoms with E-state index in [4.69, 9.17) is 0 Å². The molecule has 122 valence electrons. The molecule has 1 aliphatic carbocycles. The highest BCUT2D eigenvalue weighted by molar-refractivity contribution is 7.91. The summed E-state index contributed by atoms with van der Waals surface area (Å²) in [6.45, 7) is 1.86. The summed E-state index contributed by atoms with van der Waals surface area (Å²) in [5, 5.41) is 9.64. The first-order valence-electron chi connectivity index (χ1n) is 8.21. The average molecular weight is 322 g/mol. The van der Waals surface area contributed by atoms with Crippen molar-refractivity contribution in [2.45, 2.75) is 50.3 Å². The van der Waals surface area contributed by atoms with E-state index in [0.29, 0.717) is 17.2 Å². The summed E-state index contributed by atoms with van der Waals surface area (Å²) in [5.41, 5.74) is 1.83. The van der Waals surface area contributed by atoms with Gasteiger partial charge in [0.2, 0.25) is 0 Å². The van der Waals surface area contributed by atoms with Crippen LogP contribution in [0.5, 0.6) is 0 Å². The maximum Gasteiger partial charge on any atom is 0.178 e. The Bertz CT molecular complexity index is 594. The molecule has 0 heterocycles. The van der Waals surface area contributed by atoms with E-state index in [1.165, 1.54) is 32.1 Å². The Kier molecular flexibility index (Phi) is 6.21. The summed E-state index contributed by atoms with van der Waals surface area (Å²) < 4.78 is 24.1. The molecular formula is C18H26O3S. The van der Waals surface area contributed by atoms with Crippen molar-refractivity contribution in [3.8, 4) is 0 Å². The SMILES string of the molecule is CCCS(=O)(=O)c1ccc(/C(=C\C2CCCCC2)CO)cc1. The van der Waals surface area contributed by atoms with Crippen molar-refractivity contribution in [3.05, 3.63) is 35.9 Å². The van der Waals surface area contributed by atoms with Crippen LogP contribution in [-0.4, -0.2) is 25.9 Å². The number of benzene rings is 1. The molecule has 4 heteroatoms. The van der Waals surface area contributed by atoms with Crippen molar-refractivity contribution in [1.29, 1.82) is 0 Å². The van der Waals surface area contributed by atoms with Gasteiger partial charge in [-0.15, -0.1) is 0 Å². The van der Waals surface area contributed by atoms with E-state index in [-0.39, 0.29) is 12.4 Å². The van der Waals surface area contributed by atoms with Crippen LogP contribution >= 0.6 is 0 Å². The number of hydrogen-bond donors (Lipinski definition) is 1. The van der Waals surface area contributed by atoms with Gasteiger partial charge in [-0.05, 0) is 48.4 Å². The smallest absolute Gasteiger partial charge is 0.178 e. The molecule has 0 aliphatic heterocycles. The van der Waals surface area contributed by atoms with Crippen molar-refractivity contribution in [2.24, 2.45) is 5.92 Å². The monoisotopic (exact) mass is 322 g/mol. The second kappa shape index (κ2) is 7.93. The number of allylic oxidation sites excluding steroid dienone is 1. The molecule has 0 amide bonds. The Morgan fingerprint density at radius 3 is 2.36 bits per heavy atom. The zero-order chi connectivity index (χ0) is 16.0. The Hall–Kier alpha value is -1.13. The lowest BCUT2D eigenvalue weighted by Gasteiger charge is -2.19. The van der Waals surface area contributed by atoms with Crippen molar-refractivity contribution < 1.29 is 13.5 Å². The van der Waals surface area contributed by atoms with E-state index in [1.807, 2.05) is 19.1 Å². The van der Waals surface area contributed by atoms with Gasteiger partial charge in [-0.1, -0.05) is 44.4 Å². The number of sulfone groups is 1. The van der Waals surface area contributed by atoms with Gasteiger partial charge in [-0.2, -0.15) is 0 Å². The standard InChI is InChI=1S/C18H26O3S/c1-2-12-22(20,21)18-10-8-16(9-11-18)17(14-19)13-15-6-4-3-5-7-15/h8-11,13,15,19H,2-7,12,14H2,1H3/b17-13-. The van der Waals surface area contributed by atoms with Crippen molar-refractivity contribution in [1.82, 2.24) is 0 Å². The number of aliphatic hydroxyl groups excluding tert-OH is 1. The number of rotatable bonds is 6. The van der Waals surface area contributed by atoms with E-state index >= 15 is 0 Å². The fourth-order valence-electron chi connectivity index (χ4n) is 3.09. The third kappa shape index (κ3) is 4.43. The molecule has 1 fully saturated rings. The molecule has 22 heavy (non-hydrogen) atoms. The summed E-state index contributed by atoms with van der Waals surface area (Å²) in [6, 6.07) is 6.94. The molecule has 3 nitrogen and oxygen atoms in total. The minimum absolute atomic E-state index is 0.00242. The molecule has 0 bridgehead atoms. The average Bonchev–Trinajstić information content (AvgIpc) is 2.54. The molecule has 2 rings (SSSR count). The van der Waals surface area contributed by atoms with Crippen LogP contribution < -0.4 is 0 Å². The van der Waals surface area contributed by atoms with Crippen LogP contribution in [0.1, 0.15) is 51.0 Å². The molecule has 0 radical (unpaired) electrons. The van der Waals surface area contributed by atoms with E-state index < -0.39 is 9.84 Å². The van der Waals surface area contributed by atoms with Gasteiger partial charge in [-0.3, -0.25) is 0 Å². The maximum atomic E-state index is 12.0. The van der Waals surface area contributed by atoms with Gasteiger partial charge < -0.3 is 5.11 Å². The van der Waals surface area contributed by atoms with E-state index in [1.54, 1.807) is 12.1 Å². The molecule has 1 aromatic rings. The second-order valence-electron chi connectivity index (χ2n) is 6.09. The third-order valence-electron chi connectivity index (χ3n) is 4.31. The van der Waals surface area contributed by atoms with Crippen LogP contribution in [0.2, 0.25) is 0 Å². The third-order valence-corrected chi connectivity index (χ3v) is 6.25. The zero-order valence-electron chi connectivity index (χ0n) is 13.3. The Morgan fingerprint density at radius 1 is 1.18 bits per heavy atom. The maximum absolute atomic E-state index is 12.0. The Morgan fingerprint density at radius 2 is 1.82 bits per heavy atom. The lowest BCUT2D eigenvalue weighted by Crippen LogP contribution is -2.07. The highest BCUT2D eigenvalue weighted by Crippen LogP contribution is 2.28. The Labute approximate surface area is 134 Å². The molecule has 0 saturated heterocycles. The van der Waals surface area contributed by atoms with Crippen molar-refractivity contribution in [2.75, 3.05) is 12.4 Å². The molecule has 1 N–H and O–H groups in total. The van der Waals surface area contributed by atoms with Crippen LogP contribution in [0, 0.1) is 5.92 Å². The van der Waals surface area contributed by atoms with Gasteiger partial charge in [0.15, 0.2) is 9.84 Å². The number of aliphatic hydroxyl groups is 1. The largest absolute Gasteiger partial charge is 0.392 e. The van der Waals surface area contributed by atoms with Gasteiger partial charge >= 0.3 is 0 Å². The minimum atomic E-state index is -3.17. The quantitative estimate of drug-likeness (QED) is 0.866. The first-order valence-corrected chi connectivity index (χ1v) is 9.87.